The van der Waals surface area contributed by atoms with E-state index in [1.807, 2.05) is 53.4 Å². The number of para-hydroxylation sites is 1. The molecule has 0 aromatic heterocycles. The predicted octanol–water partition coefficient (Wildman–Crippen LogP) is 4.64. The SMILES string of the molecule is CN(Cc1ccccc1Cl)[C@H]1C[C@@H](C(=O)N2CCN(c3ccccc3C#N)CC2)N(Cc2ccccc2)C1. The van der Waals surface area contributed by atoms with Crippen LogP contribution in [0.25, 0.3) is 0 Å². The van der Waals surface area contributed by atoms with Gasteiger partial charge in [0, 0.05) is 56.9 Å². The Morgan fingerprint density at radius 2 is 1.66 bits per heavy atom. The molecule has 2 atom stereocenters. The second kappa shape index (κ2) is 12.0. The fourth-order valence-corrected chi connectivity index (χ4v) is 5.89. The number of likely N-dealkylation sites (N-methyl/N-ethyl adjacent to an activating group) is 1. The van der Waals surface area contributed by atoms with E-state index < -0.39 is 0 Å². The molecule has 2 saturated heterocycles. The van der Waals surface area contributed by atoms with Gasteiger partial charge < -0.3 is 9.80 Å². The lowest BCUT2D eigenvalue weighted by molar-refractivity contribution is -0.136. The fourth-order valence-electron chi connectivity index (χ4n) is 5.70. The Kier molecular flexibility index (Phi) is 8.29. The Bertz CT molecular complexity index is 1280. The molecule has 38 heavy (non-hydrogen) atoms. The van der Waals surface area contributed by atoms with Crippen LogP contribution in [0.1, 0.15) is 23.1 Å². The number of piperazine rings is 1. The highest BCUT2D eigenvalue weighted by Gasteiger charge is 2.40. The maximum Gasteiger partial charge on any atom is 0.240 e. The van der Waals surface area contributed by atoms with Gasteiger partial charge in [0.25, 0.3) is 0 Å². The molecule has 0 N–H and O–H groups in total. The Hall–Kier alpha value is -3.37. The van der Waals surface area contributed by atoms with Gasteiger partial charge in [0.05, 0.1) is 17.3 Å². The second-order valence-electron chi connectivity index (χ2n) is 10.3. The molecule has 0 spiro atoms. The number of nitriles is 1. The van der Waals surface area contributed by atoms with Crippen LogP contribution in [-0.2, 0) is 17.9 Å². The third kappa shape index (κ3) is 5.86. The van der Waals surface area contributed by atoms with Crippen LogP contribution in [0.3, 0.4) is 0 Å². The highest BCUT2D eigenvalue weighted by Crippen LogP contribution is 2.28. The van der Waals surface area contributed by atoms with Gasteiger partial charge in [-0.2, -0.15) is 5.26 Å². The number of hydrogen-bond donors (Lipinski definition) is 0. The van der Waals surface area contributed by atoms with Gasteiger partial charge >= 0.3 is 0 Å². The quantitative estimate of drug-likeness (QED) is 0.448. The zero-order valence-corrected chi connectivity index (χ0v) is 22.6. The first-order chi connectivity index (χ1) is 18.5. The summed E-state index contributed by atoms with van der Waals surface area (Å²) in [6.45, 7) is 5.12. The normalized spacial score (nSPS) is 20.1. The van der Waals surface area contributed by atoms with Crippen LogP contribution in [0, 0.1) is 11.3 Å². The van der Waals surface area contributed by atoms with Crippen molar-refractivity contribution in [3.8, 4) is 6.07 Å². The van der Waals surface area contributed by atoms with E-state index in [2.05, 4.69) is 58.1 Å². The molecule has 196 valence electrons. The van der Waals surface area contributed by atoms with Crippen LogP contribution in [0.5, 0.6) is 0 Å². The molecule has 0 radical (unpaired) electrons. The van der Waals surface area contributed by atoms with Gasteiger partial charge in [-0.3, -0.25) is 14.6 Å². The summed E-state index contributed by atoms with van der Waals surface area (Å²) in [5.41, 5.74) is 3.96. The van der Waals surface area contributed by atoms with Crippen LogP contribution >= 0.6 is 11.6 Å². The molecule has 6 nitrogen and oxygen atoms in total. The van der Waals surface area contributed by atoms with E-state index in [4.69, 9.17) is 11.6 Å². The predicted molar refractivity (Wildman–Crippen MR) is 152 cm³/mol. The van der Waals surface area contributed by atoms with Gasteiger partial charge in [0.15, 0.2) is 0 Å². The fraction of sp³-hybridized carbons (Fsp3) is 0.355. The summed E-state index contributed by atoms with van der Waals surface area (Å²) in [5.74, 6) is 0.211. The minimum absolute atomic E-state index is 0.160. The van der Waals surface area contributed by atoms with Crippen LogP contribution in [0.4, 0.5) is 5.69 Å². The van der Waals surface area contributed by atoms with Crippen molar-refractivity contribution in [3.05, 3.63) is 101 Å². The molecule has 2 aliphatic heterocycles. The van der Waals surface area contributed by atoms with Gasteiger partial charge in [0.2, 0.25) is 5.91 Å². The van der Waals surface area contributed by atoms with E-state index in [0.29, 0.717) is 18.7 Å². The molecule has 2 heterocycles. The molecule has 2 aliphatic rings. The number of anilines is 1. The molecule has 7 heteroatoms. The molecular formula is C31H34ClN5O. The number of amides is 1. The summed E-state index contributed by atoms with van der Waals surface area (Å²) >= 11 is 6.45. The maximum absolute atomic E-state index is 13.9. The van der Waals surface area contributed by atoms with Crippen molar-refractivity contribution < 1.29 is 4.79 Å². The second-order valence-corrected chi connectivity index (χ2v) is 10.7. The Morgan fingerprint density at radius 1 is 0.974 bits per heavy atom. The average molecular weight is 528 g/mol. The van der Waals surface area contributed by atoms with Gasteiger partial charge in [0.1, 0.15) is 6.07 Å². The van der Waals surface area contributed by atoms with Crippen molar-refractivity contribution in [2.24, 2.45) is 0 Å². The van der Waals surface area contributed by atoms with Crippen LogP contribution in [0.2, 0.25) is 5.02 Å². The van der Waals surface area contributed by atoms with Crippen molar-refractivity contribution in [2.75, 3.05) is 44.7 Å². The van der Waals surface area contributed by atoms with E-state index in [1.165, 1.54) is 5.56 Å². The lowest BCUT2D eigenvalue weighted by Crippen LogP contribution is -2.53. The van der Waals surface area contributed by atoms with E-state index in [9.17, 15) is 10.1 Å². The molecule has 0 aliphatic carbocycles. The van der Waals surface area contributed by atoms with Crippen molar-refractivity contribution in [2.45, 2.75) is 31.6 Å². The number of nitrogens with zero attached hydrogens (tertiary/aromatic N) is 5. The molecule has 3 aromatic rings. The summed E-state index contributed by atoms with van der Waals surface area (Å²) in [6, 6.07) is 28.5. The van der Waals surface area contributed by atoms with Crippen molar-refractivity contribution >= 4 is 23.2 Å². The number of halogens is 1. The molecule has 1 amide bonds. The number of carbonyl (C=O) groups excluding carboxylic acids is 1. The maximum atomic E-state index is 13.9. The standard InChI is InChI=1S/C31H34ClN5O/c1-34(22-26-12-5-7-13-28(26)32)27-19-30(37(23-27)21-24-9-3-2-4-10-24)31(38)36-17-15-35(16-18-36)29-14-8-6-11-25(29)20-33/h2-14,27,30H,15-19,21-23H2,1H3/t27-,30-/m0/s1. The molecule has 2 fully saturated rings. The minimum Gasteiger partial charge on any atom is -0.367 e. The lowest BCUT2D eigenvalue weighted by atomic mass is 10.1. The Morgan fingerprint density at radius 3 is 2.39 bits per heavy atom. The molecule has 0 saturated carbocycles. The average Bonchev–Trinajstić information content (AvgIpc) is 3.38. The lowest BCUT2D eigenvalue weighted by Gasteiger charge is -2.38. The first kappa shape index (κ1) is 26.2. The number of carbonyl (C=O) groups is 1. The van der Waals surface area contributed by atoms with Crippen LogP contribution in [0.15, 0.2) is 78.9 Å². The van der Waals surface area contributed by atoms with Crippen molar-refractivity contribution in [1.29, 1.82) is 5.26 Å². The van der Waals surface area contributed by atoms with Gasteiger partial charge in [-0.1, -0.05) is 72.3 Å². The molecule has 5 rings (SSSR count). The monoisotopic (exact) mass is 527 g/mol. The summed E-state index contributed by atoms with van der Waals surface area (Å²) in [4.78, 5) is 22.8. The first-order valence-corrected chi connectivity index (χ1v) is 13.7. The minimum atomic E-state index is -0.160. The first-order valence-electron chi connectivity index (χ1n) is 13.3. The van der Waals surface area contributed by atoms with Crippen molar-refractivity contribution in [1.82, 2.24) is 14.7 Å². The summed E-state index contributed by atoms with van der Waals surface area (Å²) in [7, 11) is 2.13. The topological polar surface area (TPSA) is 53.8 Å². The van der Waals surface area contributed by atoms with E-state index in [0.717, 1.165) is 55.4 Å². The zero-order chi connectivity index (χ0) is 26.5. The Labute approximate surface area is 230 Å². The van der Waals surface area contributed by atoms with Gasteiger partial charge in [-0.05, 0) is 42.8 Å². The largest absolute Gasteiger partial charge is 0.367 e. The van der Waals surface area contributed by atoms with Crippen LogP contribution in [-0.4, -0.2) is 72.5 Å². The third-order valence-electron chi connectivity index (χ3n) is 7.85. The highest BCUT2D eigenvalue weighted by molar-refractivity contribution is 6.31. The van der Waals surface area contributed by atoms with E-state index in [-0.39, 0.29) is 18.0 Å². The number of rotatable bonds is 7. The number of likely N-dealkylation sites (tertiary alicyclic amines) is 1. The molecule has 3 aromatic carbocycles. The summed E-state index contributed by atoms with van der Waals surface area (Å²) in [5, 5.41) is 10.3. The van der Waals surface area contributed by atoms with Gasteiger partial charge in [-0.15, -0.1) is 0 Å². The molecule has 0 bridgehead atoms. The highest BCUT2D eigenvalue weighted by atomic mass is 35.5. The molecular weight excluding hydrogens is 494 g/mol. The molecule has 0 unspecified atom stereocenters. The summed E-state index contributed by atoms with van der Waals surface area (Å²) in [6.07, 6.45) is 0.796. The van der Waals surface area contributed by atoms with E-state index in [1.54, 1.807) is 0 Å². The smallest absolute Gasteiger partial charge is 0.240 e. The summed E-state index contributed by atoms with van der Waals surface area (Å²) < 4.78 is 0. The van der Waals surface area contributed by atoms with Crippen LogP contribution < -0.4 is 4.90 Å². The zero-order valence-electron chi connectivity index (χ0n) is 21.8. The van der Waals surface area contributed by atoms with Gasteiger partial charge in [-0.25, -0.2) is 0 Å². The number of benzene rings is 3. The van der Waals surface area contributed by atoms with E-state index >= 15 is 0 Å². The van der Waals surface area contributed by atoms with Crippen molar-refractivity contribution in [3.63, 3.8) is 0 Å². The Balaban J connectivity index is 1.28. The number of hydrogen-bond acceptors (Lipinski definition) is 5. The third-order valence-corrected chi connectivity index (χ3v) is 8.22.